The Morgan fingerprint density at radius 3 is 2.80 bits per heavy atom. The zero-order valence-electron chi connectivity index (χ0n) is 13.7. The molecule has 0 bridgehead atoms. The largest absolute Gasteiger partial charge is 0.323 e. The summed E-state index contributed by atoms with van der Waals surface area (Å²) in [5.41, 5.74) is -0.383. The fraction of sp³-hybridized carbons (Fsp3) is 0.222. The lowest BCUT2D eigenvalue weighted by Crippen LogP contribution is -2.58. The molecule has 0 radical (unpaired) electrons. The summed E-state index contributed by atoms with van der Waals surface area (Å²) in [7, 11) is 0. The van der Waals surface area contributed by atoms with E-state index in [0.29, 0.717) is 22.1 Å². The molecule has 2 amide bonds. The average Bonchev–Trinajstić information content (AvgIpc) is 2.56. The van der Waals surface area contributed by atoms with E-state index in [4.69, 9.17) is 11.6 Å². The summed E-state index contributed by atoms with van der Waals surface area (Å²) in [4.78, 5) is 42.1. The molecule has 1 aromatic rings. The molecular formula is C18H16ClN3O3. The molecule has 3 rings (SSSR count). The number of aliphatic imine (C=N–C) groups is 1. The van der Waals surface area contributed by atoms with Gasteiger partial charge in [0, 0.05) is 11.8 Å². The van der Waals surface area contributed by atoms with E-state index >= 15 is 0 Å². The lowest BCUT2D eigenvalue weighted by molar-refractivity contribution is -0.130. The monoisotopic (exact) mass is 357 g/mol. The molecule has 0 aliphatic carbocycles. The van der Waals surface area contributed by atoms with Crippen LogP contribution in [0.4, 0.5) is 5.69 Å². The lowest BCUT2D eigenvalue weighted by atomic mass is 9.91. The number of hydrogen-bond donors (Lipinski definition) is 1. The highest BCUT2D eigenvalue weighted by Crippen LogP contribution is 2.31. The van der Waals surface area contributed by atoms with Gasteiger partial charge in [-0.3, -0.25) is 14.4 Å². The molecule has 2 aliphatic rings. The fourth-order valence-corrected chi connectivity index (χ4v) is 2.94. The first kappa shape index (κ1) is 17.1. The third kappa shape index (κ3) is 3.13. The summed E-state index contributed by atoms with van der Waals surface area (Å²) >= 11 is 6.14. The number of anilines is 1. The van der Waals surface area contributed by atoms with Crippen LogP contribution in [0.25, 0.3) is 0 Å². The predicted molar refractivity (Wildman–Crippen MR) is 95.7 cm³/mol. The van der Waals surface area contributed by atoms with Crippen molar-refractivity contribution in [1.82, 2.24) is 4.90 Å². The van der Waals surface area contributed by atoms with E-state index in [9.17, 15) is 14.4 Å². The van der Waals surface area contributed by atoms with Crippen LogP contribution in [-0.4, -0.2) is 33.9 Å². The number of ketones is 1. The summed E-state index contributed by atoms with van der Waals surface area (Å²) in [5.74, 6) is -0.493. The molecule has 2 heterocycles. The van der Waals surface area contributed by atoms with Gasteiger partial charge in [0.25, 0.3) is 11.8 Å². The molecule has 0 saturated carbocycles. The number of carbonyl (C=O) groups is 3. The van der Waals surface area contributed by atoms with E-state index < -0.39 is 11.4 Å². The van der Waals surface area contributed by atoms with Crippen LogP contribution < -0.4 is 5.32 Å². The molecular weight excluding hydrogens is 342 g/mol. The quantitative estimate of drug-likeness (QED) is 0.843. The van der Waals surface area contributed by atoms with E-state index in [1.165, 1.54) is 13.0 Å². The van der Waals surface area contributed by atoms with E-state index in [1.54, 1.807) is 48.4 Å². The second kappa shape index (κ2) is 6.29. The van der Waals surface area contributed by atoms with Gasteiger partial charge in [-0.15, -0.1) is 0 Å². The number of nitrogens with zero attached hydrogens (tertiary/aromatic N) is 2. The predicted octanol–water partition coefficient (Wildman–Crippen LogP) is 2.95. The van der Waals surface area contributed by atoms with Gasteiger partial charge in [0.1, 0.15) is 11.4 Å². The number of benzene rings is 1. The second-order valence-electron chi connectivity index (χ2n) is 6.09. The summed E-state index contributed by atoms with van der Waals surface area (Å²) in [5, 5.41) is 3.05. The molecule has 1 aromatic carbocycles. The molecule has 1 atom stereocenters. The van der Waals surface area contributed by atoms with Crippen molar-refractivity contribution < 1.29 is 14.4 Å². The third-order valence-corrected chi connectivity index (χ3v) is 4.54. The number of fused-ring (bicyclic) bond motifs is 1. The number of amidine groups is 1. The number of hydrogen-bond acceptors (Lipinski definition) is 4. The highest BCUT2D eigenvalue weighted by Gasteiger charge is 2.45. The van der Waals surface area contributed by atoms with Crippen molar-refractivity contribution in [2.75, 3.05) is 5.32 Å². The van der Waals surface area contributed by atoms with Gasteiger partial charge in [-0.2, -0.15) is 4.99 Å². The third-order valence-electron chi connectivity index (χ3n) is 4.22. The number of amides is 2. The van der Waals surface area contributed by atoms with Crippen molar-refractivity contribution in [2.24, 2.45) is 4.99 Å². The van der Waals surface area contributed by atoms with Crippen LogP contribution in [0.5, 0.6) is 0 Å². The van der Waals surface area contributed by atoms with Gasteiger partial charge in [-0.1, -0.05) is 17.7 Å². The topological polar surface area (TPSA) is 78.8 Å². The summed E-state index contributed by atoms with van der Waals surface area (Å²) in [6, 6.07) is 4.67. The van der Waals surface area contributed by atoms with Gasteiger partial charge in [0.2, 0.25) is 0 Å². The molecule has 7 heteroatoms. The van der Waals surface area contributed by atoms with Gasteiger partial charge < -0.3 is 10.2 Å². The second-order valence-corrected chi connectivity index (χ2v) is 6.50. The Hall–Kier alpha value is -2.73. The summed E-state index contributed by atoms with van der Waals surface area (Å²) < 4.78 is 0. The first-order chi connectivity index (χ1) is 11.8. The number of allylic oxidation sites excluding steroid dienone is 2. The van der Waals surface area contributed by atoms with Crippen molar-refractivity contribution in [1.29, 1.82) is 0 Å². The van der Waals surface area contributed by atoms with Crippen molar-refractivity contribution in [3.8, 4) is 0 Å². The van der Waals surface area contributed by atoms with Crippen LogP contribution in [0.3, 0.4) is 0 Å². The van der Waals surface area contributed by atoms with Crippen molar-refractivity contribution in [3.05, 3.63) is 53.2 Å². The number of rotatable bonds is 3. The Labute approximate surface area is 149 Å². The number of halogens is 1. The molecule has 6 nitrogen and oxygen atoms in total. The molecule has 25 heavy (non-hydrogen) atoms. The van der Waals surface area contributed by atoms with Crippen LogP contribution in [-0.2, 0) is 9.59 Å². The number of Topliss-reactive ketones (excluding diaryl/α,β-unsaturated/α-hetero) is 1. The standard InChI is InChI=1S/C18H16ClN3O3/c1-11(23)12-6-7-13(19)14(9-12)20-17(25)18(2)10-16(24)21-15-5-3-4-8-22(15)18/h3-9H,10H2,1-2H3,(H,20,25). The normalized spacial score (nSPS) is 21.6. The summed E-state index contributed by atoms with van der Waals surface area (Å²) in [6.45, 7) is 3.10. The number of carbonyl (C=O) groups excluding carboxylic acids is 3. The maximum absolute atomic E-state index is 13.0. The maximum atomic E-state index is 13.0. The highest BCUT2D eigenvalue weighted by molar-refractivity contribution is 6.34. The van der Waals surface area contributed by atoms with Crippen molar-refractivity contribution >= 4 is 40.7 Å². The van der Waals surface area contributed by atoms with Crippen LogP contribution in [0.1, 0.15) is 30.6 Å². The Kier molecular flexibility index (Phi) is 4.30. The minimum absolute atomic E-state index is 0.0649. The molecule has 128 valence electrons. The molecule has 1 N–H and O–H groups in total. The first-order valence-corrected chi connectivity index (χ1v) is 8.07. The van der Waals surface area contributed by atoms with Gasteiger partial charge in [0.05, 0.1) is 17.1 Å². The SMILES string of the molecule is CC(=O)c1ccc(Cl)c(NC(=O)C2(C)CC(=O)N=C3C=CC=CN32)c1. The Morgan fingerprint density at radius 2 is 2.08 bits per heavy atom. The lowest BCUT2D eigenvalue weighted by Gasteiger charge is -2.41. The zero-order chi connectivity index (χ0) is 18.2. The van der Waals surface area contributed by atoms with E-state index in [1.807, 2.05) is 0 Å². The molecule has 0 saturated heterocycles. The average molecular weight is 358 g/mol. The molecule has 1 unspecified atom stereocenters. The Balaban J connectivity index is 1.93. The molecule has 0 fully saturated rings. The minimum Gasteiger partial charge on any atom is -0.323 e. The van der Waals surface area contributed by atoms with Crippen LogP contribution >= 0.6 is 11.6 Å². The van der Waals surface area contributed by atoms with Crippen LogP contribution in [0.2, 0.25) is 5.02 Å². The molecule has 0 aromatic heterocycles. The smallest absolute Gasteiger partial charge is 0.250 e. The highest BCUT2D eigenvalue weighted by atomic mass is 35.5. The Bertz CT molecular complexity index is 872. The molecule has 2 aliphatic heterocycles. The van der Waals surface area contributed by atoms with Crippen molar-refractivity contribution in [3.63, 3.8) is 0 Å². The van der Waals surface area contributed by atoms with E-state index in [0.717, 1.165) is 0 Å². The zero-order valence-corrected chi connectivity index (χ0v) is 14.5. The number of nitrogens with one attached hydrogen (secondary N) is 1. The van der Waals surface area contributed by atoms with Gasteiger partial charge >= 0.3 is 0 Å². The Morgan fingerprint density at radius 1 is 1.32 bits per heavy atom. The van der Waals surface area contributed by atoms with Gasteiger partial charge in [0.15, 0.2) is 5.78 Å². The van der Waals surface area contributed by atoms with Crippen LogP contribution in [0, 0.1) is 0 Å². The molecule has 0 spiro atoms. The first-order valence-electron chi connectivity index (χ1n) is 7.69. The van der Waals surface area contributed by atoms with Gasteiger partial charge in [-0.25, -0.2) is 0 Å². The fourth-order valence-electron chi connectivity index (χ4n) is 2.78. The van der Waals surface area contributed by atoms with Crippen molar-refractivity contribution in [2.45, 2.75) is 25.8 Å². The van der Waals surface area contributed by atoms with Gasteiger partial charge in [-0.05, 0) is 44.2 Å². The van der Waals surface area contributed by atoms with E-state index in [2.05, 4.69) is 10.3 Å². The van der Waals surface area contributed by atoms with E-state index in [-0.39, 0.29) is 18.1 Å². The minimum atomic E-state index is -1.15. The maximum Gasteiger partial charge on any atom is 0.250 e. The summed E-state index contributed by atoms with van der Waals surface area (Å²) in [6.07, 6.45) is 6.83. The van der Waals surface area contributed by atoms with Crippen LogP contribution in [0.15, 0.2) is 47.6 Å².